The molecule has 2 N–H and O–H groups in total. The van der Waals surface area contributed by atoms with Gasteiger partial charge in [-0.2, -0.15) is 0 Å². The highest BCUT2D eigenvalue weighted by Crippen LogP contribution is 2.24. The highest BCUT2D eigenvalue weighted by molar-refractivity contribution is 5.91. The third kappa shape index (κ3) is 2.32. The van der Waals surface area contributed by atoms with Gasteiger partial charge >= 0.3 is 5.97 Å². The molecule has 0 bridgehead atoms. The number of hydrogen-bond donors (Lipinski definition) is 1. The molecule has 0 saturated heterocycles. The van der Waals surface area contributed by atoms with Gasteiger partial charge in [0, 0.05) is 11.8 Å². The number of nitrogens with two attached hydrogens (primary N) is 1. The van der Waals surface area contributed by atoms with E-state index >= 15 is 0 Å². The van der Waals surface area contributed by atoms with Gasteiger partial charge in [-0.15, -0.1) is 0 Å². The number of rotatable bonds is 2. The minimum atomic E-state index is -0.349. The molecule has 0 unspecified atom stereocenters. The molecular weight excluding hydrogens is 228 g/mol. The van der Waals surface area contributed by atoms with Crippen molar-refractivity contribution in [3.63, 3.8) is 0 Å². The zero-order chi connectivity index (χ0) is 13.1. The van der Waals surface area contributed by atoms with Crippen LogP contribution in [0.5, 0.6) is 0 Å². The number of aryl methyl sites for hydroxylation is 1. The number of carbonyl (C=O) groups is 1. The van der Waals surface area contributed by atoms with Crippen LogP contribution in [0.3, 0.4) is 0 Å². The lowest BCUT2D eigenvalue weighted by Gasteiger charge is -2.07. The van der Waals surface area contributed by atoms with Crippen molar-refractivity contribution >= 4 is 11.8 Å². The van der Waals surface area contributed by atoms with Crippen LogP contribution < -0.4 is 5.73 Å². The fourth-order valence-corrected chi connectivity index (χ4v) is 1.81. The maximum Gasteiger partial charge on any atom is 0.337 e. The number of carbonyl (C=O) groups excluding carboxylic acids is 1. The van der Waals surface area contributed by atoms with Gasteiger partial charge in [-0.3, -0.25) is 0 Å². The van der Waals surface area contributed by atoms with Crippen molar-refractivity contribution < 1.29 is 9.53 Å². The van der Waals surface area contributed by atoms with E-state index in [1.807, 2.05) is 19.1 Å². The van der Waals surface area contributed by atoms with Crippen molar-refractivity contribution in [2.75, 3.05) is 12.8 Å². The molecule has 4 nitrogen and oxygen atoms in total. The Hall–Kier alpha value is -2.36. The summed E-state index contributed by atoms with van der Waals surface area (Å²) in [6.45, 7) is 1.96. The smallest absolute Gasteiger partial charge is 0.337 e. The van der Waals surface area contributed by atoms with Gasteiger partial charge in [0.25, 0.3) is 0 Å². The Morgan fingerprint density at radius 1 is 1.33 bits per heavy atom. The summed E-state index contributed by atoms with van der Waals surface area (Å²) in [6, 6.07) is 9.05. The maximum absolute atomic E-state index is 11.5. The number of methoxy groups -OCH3 is 1. The Labute approximate surface area is 105 Å². The molecular formula is C14H14N2O2. The summed E-state index contributed by atoms with van der Waals surface area (Å²) >= 11 is 0. The van der Waals surface area contributed by atoms with Crippen LogP contribution in [-0.2, 0) is 4.74 Å². The summed E-state index contributed by atoms with van der Waals surface area (Å²) in [5.74, 6) is 0.137. The van der Waals surface area contributed by atoms with Gasteiger partial charge in [0.05, 0.1) is 12.7 Å². The normalized spacial score (nSPS) is 10.1. The Kier molecular flexibility index (Phi) is 3.28. The van der Waals surface area contributed by atoms with Gasteiger partial charge in [-0.1, -0.05) is 12.1 Å². The first-order valence-corrected chi connectivity index (χ1v) is 5.52. The highest BCUT2D eigenvalue weighted by atomic mass is 16.5. The Bertz CT molecular complexity index is 594. The summed E-state index contributed by atoms with van der Waals surface area (Å²) in [5.41, 5.74) is 9.03. The summed E-state index contributed by atoms with van der Waals surface area (Å²) in [6.07, 6.45) is 1.71. The lowest BCUT2D eigenvalue weighted by Crippen LogP contribution is -2.01. The number of anilines is 1. The van der Waals surface area contributed by atoms with Crippen LogP contribution in [0.4, 0.5) is 5.82 Å². The number of nitrogens with zero attached hydrogens (tertiary/aromatic N) is 1. The van der Waals surface area contributed by atoms with Crippen molar-refractivity contribution in [3.8, 4) is 11.1 Å². The predicted molar refractivity (Wildman–Crippen MR) is 70.2 cm³/mol. The molecule has 0 atom stereocenters. The molecule has 4 heteroatoms. The number of nitrogen functional groups attached to an aromatic ring is 1. The Morgan fingerprint density at radius 3 is 2.78 bits per heavy atom. The Balaban J connectivity index is 2.48. The van der Waals surface area contributed by atoms with E-state index in [9.17, 15) is 4.79 Å². The molecule has 18 heavy (non-hydrogen) atoms. The van der Waals surface area contributed by atoms with Gasteiger partial charge in [-0.25, -0.2) is 9.78 Å². The monoisotopic (exact) mass is 242 g/mol. The molecule has 0 aliphatic carbocycles. The third-order valence-corrected chi connectivity index (χ3v) is 2.73. The molecule has 1 aromatic heterocycles. The van der Waals surface area contributed by atoms with E-state index in [1.165, 1.54) is 7.11 Å². The number of hydrogen-bond acceptors (Lipinski definition) is 4. The first kappa shape index (κ1) is 12.1. The van der Waals surface area contributed by atoms with E-state index in [0.717, 1.165) is 16.7 Å². The lowest BCUT2D eigenvalue weighted by atomic mass is 10.0. The first-order valence-electron chi connectivity index (χ1n) is 5.52. The summed E-state index contributed by atoms with van der Waals surface area (Å²) in [5, 5.41) is 0. The van der Waals surface area contributed by atoms with Crippen molar-refractivity contribution in [3.05, 3.63) is 47.7 Å². The van der Waals surface area contributed by atoms with E-state index in [0.29, 0.717) is 11.4 Å². The highest BCUT2D eigenvalue weighted by Gasteiger charge is 2.08. The second-order valence-electron chi connectivity index (χ2n) is 4.00. The van der Waals surface area contributed by atoms with Gasteiger partial charge < -0.3 is 10.5 Å². The third-order valence-electron chi connectivity index (χ3n) is 2.73. The van der Waals surface area contributed by atoms with Crippen LogP contribution in [0.25, 0.3) is 11.1 Å². The molecule has 2 rings (SSSR count). The largest absolute Gasteiger partial charge is 0.465 e. The van der Waals surface area contributed by atoms with E-state index in [2.05, 4.69) is 4.98 Å². The van der Waals surface area contributed by atoms with Gasteiger partial charge in [-0.05, 0) is 36.2 Å². The molecule has 2 aromatic rings. The van der Waals surface area contributed by atoms with E-state index in [4.69, 9.17) is 10.5 Å². The molecule has 0 amide bonds. The van der Waals surface area contributed by atoms with Crippen LogP contribution in [0.1, 0.15) is 15.9 Å². The minimum absolute atomic E-state index is 0.349. The summed E-state index contributed by atoms with van der Waals surface area (Å²) in [4.78, 5) is 15.6. The number of esters is 1. The van der Waals surface area contributed by atoms with Crippen LogP contribution in [0.2, 0.25) is 0 Å². The first-order chi connectivity index (χ1) is 8.61. The van der Waals surface area contributed by atoms with Crippen LogP contribution >= 0.6 is 0 Å². The van der Waals surface area contributed by atoms with Crippen molar-refractivity contribution in [1.82, 2.24) is 4.98 Å². The van der Waals surface area contributed by atoms with Crippen LogP contribution in [-0.4, -0.2) is 18.1 Å². The zero-order valence-corrected chi connectivity index (χ0v) is 10.3. The molecule has 1 aromatic carbocycles. The summed E-state index contributed by atoms with van der Waals surface area (Å²) < 4.78 is 4.70. The van der Waals surface area contributed by atoms with E-state index in [-0.39, 0.29) is 5.97 Å². The molecule has 0 fully saturated rings. The second-order valence-corrected chi connectivity index (χ2v) is 4.00. The van der Waals surface area contributed by atoms with Crippen LogP contribution in [0.15, 0.2) is 36.5 Å². The van der Waals surface area contributed by atoms with Gasteiger partial charge in [0.2, 0.25) is 0 Å². The average molecular weight is 242 g/mol. The molecule has 92 valence electrons. The van der Waals surface area contributed by atoms with Gasteiger partial charge in [0.15, 0.2) is 0 Å². The maximum atomic E-state index is 11.5. The van der Waals surface area contributed by atoms with E-state index < -0.39 is 0 Å². The number of benzene rings is 1. The molecule has 0 spiro atoms. The zero-order valence-electron chi connectivity index (χ0n) is 10.3. The predicted octanol–water partition coefficient (Wildman–Crippen LogP) is 2.43. The molecule has 0 radical (unpaired) electrons. The minimum Gasteiger partial charge on any atom is -0.465 e. The average Bonchev–Trinajstić information content (AvgIpc) is 2.38. The summed E-state index contributed by atoms with van der Waals surface area (Å²) in [7, 11) is 1.37. The van der Waals surface area contributed by atoms with Crippen molar-refractivity contribution in [2.45, 2.75) is 6.92 Å². The molecule has 0 saturated carbocycles. The molecule has 0 aliphatic rings. The quantitative estimate of drug-likeness (QED) is 0.821. The van der Waals surface area contributed by atoms with Crippen LogP contribution in [0, 0.1) is 6.92 Å². The molecule has 0 aliphatic heterocycles. The van der Waals surface area contributed by atoms with Gasteiger partial charge in [0.1, 0.15) is 5.82 Å². The fourth-order valence-electron chi connectivity index (χ4n) is 1.81. The fraction of sp³-hybridized carbons (Fsp3) is 0.143. The molecule has 1 heterocycles. The topological polar surface area (TPSA) is 65.2 Å². The number of aromatic nitrogens is 1. The standard InChI is InChI=1S/C14H14N2O2/c1-9-6-13(15)16-8-12(9)10-4-3-5-11(7-10)14(17)18-2/h3-8H,1-2H3,(H2,15,16). The van der Waals surface area contributed by atoms with E-state index in [1.54, 1.807) is 24.4 Å². The lowest BCUT2D eigenvalue weighted by molar-refractivity contribution is 0.0601. The SMILES string of the molecule is COC(=O)c1cccc(-c2cnc(N)cc2C)c1. The Morgan fingerprint density at radius 2 is 2.11 bits per heavy atom. The number of ether oxygens (including phenoxy) is 1. The number of pyridine rings is 1. The van der Waals surface area contributed by atoms with Crippen molar-refractivity contribution in [1.29, 1.82) is 0 Å². The van der Waals surface area contributed by atoms with Crippen molar-refractivity contribution in [2.24, 2.45) is 0 Å². The second kappa shape index (κ2) is 4.87.